The number of ketones is 1. The van der Waals surface area contributed by atoms with E-state index in [2.05, 4.69) is 0 Å². The second-order valence-corrected chi connectivity index (χ2v) is 7.05. The van der Waals surface area contributed by atoms with Crippen LogP contribution in [0.5, 0.6) is 11.5 Å². The number of benzene rings is 1. The van der Waals surface area contributed by atoms with Crippen molar-refractivity contribution in [3.8, 4) is 11.5 Å². The molecule has 3 aliphatic rings. The van der Waals surface area contributed by atoms with Gasteiger partial charge in [0.05, 0.1) is 7.11 Å². The Labute approximate surface area is 151 Å². The Kier molecular flexibility index (Phi) is 3.99. The Balaban J connectivity index is 1.98. The predicted octanol–water partition coefficient (Wildman–Crippen LogP) is 2.42. The molecular formula is C19H21NO6. The van der Waals surface area contributed by atoms with Gasteiger partial charge >= 0.3 is 0 Å². The summed E-state index contributed by atoms with van der Waals surface area (Å²) in [7, 11) is 1.57. The van der Waals surface area contributed by atoms with E-state index < -0.39 is 23.7 Å². The molecule has 0 N–H and O–H groups in total. The van der Waals surface area contributed by atoms with Gasteiger partial charge in [-0.1, -0.05) is 12.1 Å². The minimum atomic E-state index is -0.807. The number of allylic oxidation sites excluding steroid dienone is 2. The van der Waals surface area contributed by atoms with Gasteiger partial charge in [0.15, 0.2) is 17.3 Å². The van der Waals surface area contributed by atoms with Gasteiger partial charge < -0.3 is 14.2 Å². The molecule has 1 heterocycles. The van der Waals surface area contributed by atoms with Crippen molar-refractivity contribution in [3.63, 3.8) is 0 Å². The lowest BCUT2D eigenvalue weighted by molar-refractivity contribution is -0.535. The normalized spacial score (nSPS) is 31.6. The highest BCUT2D eigenvalue weighted by molar-refractivity contribution is 5.92. The zero-order chi connectivity index (χ0) is 18.5. The van der Waals surface area contributed by atoms with Crippen LogP contribution < -0.4 is 9.47 Å². The van der Waals surface area contributed by atoms with E-state index in [1.165, 1.54) is 0 Å². The molecule has 2 aliphatic carbocycles. The Morgan fingerprint density at radius 1 is 1.38 bits per heavy atom. The number of carbonyl (C=O) groups excluding carboxylic acids is 1. The minimum Gasteiger partial charge on any atom is -0.493 e. The van der Waals surface area contributed by atoms with Crippen LogP contribution in [-0.4, -0.2) is 36.8 Å². The summed E-state index contributed by atoms with van der Waals surface area (Å²) in [6, 6.07) is 2.85. The van der Waals surface area contributed by atoms with Crippen molar-refractivity contribution < 1.29 is 23.9 Å². The van der Waals surface area contributed by atoms with Crippen LogP contribution >= 0.6 is 0 Å². The molecule has 1 aromatic rings. The first-order valence-corrected chi connectivity index (χ1v) is 8.84. The van der Waals surface area contributed by atoms with E-state index in [-0.39, 0.29) is 23.5 Å². The maximum atomic E-state index is 12.1. The van der Waals surface area contributed by atoms with E-state index in [0.717, 1.165) is 11.1 Å². The topological polar surface area (TPSA) is 87.9 Å². The molecular weight excluding hydrogens is 338 g/mol. The number of rotatable bonds is 4. The van der Waals surface area contributed by atoms with Gasteiger partial charge in [0.2, 0.25) is 12.3 Å². The highest BCUT2D eigenvalue weighted by Gasteiger charge is 2.58. The summed E-state index contributed by atoms with van der Waals surface area (Å²) in [5.41, 5.74) is 1.15. The molecule has 4 rings (SSSR count). The number of ether oxygens (including phenoxy) is 3. The van der Waals surface area contributed by atoms with Crippen LogP contribution in [-0.2, 0) is 21.4 Å². The minimum absolute atomic E-state index is 0.0696. The van der Waals surface area contributed by atoms with Crippen LogP contribution in [0.1, 0.15) is 30.9 Å². The van der Waals surface area contributed by atoms with Gasteiger partial charge in [-0.05, 0) is 24.6 Å². The lowest BCUT2D eigenvalue weighted by Crippen LogP contribution is -2.55. The zero-order valence-electron chi connectivity index (χ0n) is 14.8. The van der Waals surface area contributed by atoms with Crippen molar-refractivity contribution in [2.24, 2.45) is 5.92 Å². The van der Waals surface area contributed by atoms with E-state index in [1.54, 1.807) is 19.3 Å². The van der Waals surface area contributed by atoms with E-state index in [0.29, 0.717) is 24.5 Å². The molecule has 7 nitrogen and oxygen atoms in total. The lowest BCUT2D eigenvalue weighted by Gasteiger charge is -2.50. The monoisotopic (exact) mass is 359 g/mol. The van der Waals surface area contributed by atoms with E-state index in [9.17, 15) is 14.9 Å². The average molecular weight is 359 g/mol. The first kappa shape index (κ1) is 17.0. The van der Waals surface area contributed by atoms with Crippen molar-refractivity contribution in [1.29, 1.82) is 0 Å². The molecule has 0 bridgehead atoms. The van der Waals surface area contributed by atoms with Crippen molar-refractivity contribution in [3.05, 3.63) is 45.5 Å². The molecule has 1 aliphatic heterocycles. The summed E-state index contributed by atoms with van der Waals surface area (Å²) in [5.74, 6) is 0.677. The van der Waals surface area contributed by atoms with Crippen LogP contribution in [0.15, 0.2) is 24.3 Å². The van der Waals surface area contributed by atoms with Crippen LogP contribution in [0.3, 0.4) is 0 Å². The van der Waals surface area contributed by atoms with Gasteiger partial charge in [0.25, 0.3) is 0 Å². The third-order valence-electron chi connectivity index (χ3n) is 5.81. The Morgan fingerprint density at radius 2 is 2.19 bits per heavy atom. The van der Waals surface area contributed by atoms with Crippen molar-refractivity contribution in [1.82, 2.24) is 0 Å². The van der Waals surface area contributed by atoms with Gasteiger partial charge in [-0.3, -0.25) is 14.9 Å². The molecule has 4 atom stereocenters. The summed E-state index contributed by atoms with van der Waals surface area (Å²) in [4.78, 5) is 23.7. The zero-order valence-corrected chi connectivity index (χ0v) is 14.8. The fourth-order valence-corrected chi connectivity index (χ4v) is 4.78. The van der Waals surface area contributed by atoms with E-state index in [1.807, 2.05) is 19.1 Å². The molecule has 138 valence electrons. The summed E-state index contributed by atoms with van der Waals surface area (Å²) < 4.78 is 17.3. The fourth-order valence-electron chi connectivity index (χ4n) is 4.78. The molecule has 7 heteroatoms. The second kappa shape index (κ2) is 6.09. The summed E-state index contributed by atoms with van der Waals surface area (Å²) in [6.45, 7) is 2.34. The van der Waals surface area contributed by atoms with Crippen LogP contribution in [0.4, 0.5) is 0 Å². The van der Waals surface area contributed by atoms with Gasteiger partial charge in [-0.15, -0.1) is 0 Å². The number of nitro groups is 1. The van der Waals surface area contributed by atoms with Crippen LogP contribution in [0.25, 0.3) is 0 Å². The standard InChI is InChI=1S/C19H21NO6/c1-3-25-16-10-19-7-6-12(21)9-13(19)14(20(22)23)8-11-4-5-15(24-2)18(26-16)17(11)19/h4-7,13-14,16H,3,8-10H2,1-2H3/t13-,14+,16+,19+/m0/s1. The van der Waals surface area contributed by atoms with Gasteiger partial charge in [-0.2, -0.15) is 0 Å². The largest absolute Gasteiger partial charge is 0.493 e. The van der Waals surface area contributed by atoms with Gasteiger partial charge in [0, 0.05) is 47.7 Å². The van der Waals surface area contributed by atoms with E-state index >= 15 is 0 Å². The fraction of sp³-hybridized carbons (Fsp3) is 0.526. The summed E-state index contributed by atoms with van der Waals surface area (Å²) >= 11 is 0. The lowest BCUT2D eigenvalue weighted by atomic mass is 9.55. The Morgan fingerprint density at radius 3 is 2.88 bits per heavy atom. The van der Waals surface area contributed by atoms with E-state index in [4.69, 9.17) is 14.2 Å². The molecule has 0 fully saturated rings. The maximum Gasteiger partial charge on any atom is 0.221 e. The predicted molar refractivity (Wildman–Crippen MR) is 92.1 cm³/mol. The summed E-state index contributed by atoms with van der Waals surface area (Å²) in [5, 5.41) is 11.8. The second-order valence-electron chi connectivity index (χ2n) is 7.05. The molecule has 0 radical (unpaired) electrons. The van der Waals surface area contributed by atoms with Crippen molar-refractivity contribution in [2.75, 3.05) is 13.7 Å². The molecule has 0 saturated heterocycles. The average Bonchev–Trinajstić information content (AvgIpc) is 2.62. The third kappa shape index (κ3) is 2.34. The number of carbonyl (C=O) groups is 1. The first-order valence-electron chi connectivity index (χ1n) is 8.84. The molecule has 0 saturated carbocycles. The van der Waals surface area contributed by atoms with Crippen LogP contribution in [0, 0.1) is 16.0 Å². The first-order chi connectivity index (χ1) is 12.5. The Hall–Kier alpha value is -2.41. The SMILES string of the molecule is CCO[C@H]1C[C@]23C=CC(=O)C[C@H]2[C@H]([N+](=O)[O-])Cc2ccc(OC)c(c23)O1. The maximum absolute atomic E-state index is 12.1. The molecule has 1 aromatic carbocycles. The van der Waals surface area contributed by atoms with Crippen molar-refractivity contribution >= 4 is 5.78 Å². The number of hydrogen-bond acceptors (Lipinski definition) is 6. The highest BCUT2D eigenvalue weighted by Crippen LogP contribution is 2.57. The van der Waals surface area contributed by atoms with Gasteiger partial charge in [-0.25, -0.2) is 0 Å². The summed E-state index contributed by atoms with van der Waals surface area (Å²) in [6.07, 6.45) is 3.76. The Bertz CT molecular complexity index is 803. The highest BCUT2D eigenvalue weighted by atomic mass is 16.7. The van der Waals surface area contributed by atoms with Crippen molar-refractivity contribution in [2.45, 2.75) is 43.9 Å². The number of nitrogens with zero attached hydrogens (tertiary/aromatic N) is 1. The molecule has 0 aromatic heterocycles. The molecule has 0 amide bonds. The third-order valence-corrected chi connectivity index (χ3v) is 5.81. The molecule has 26 heavy (non-hydrogen) atoms. The van der Waals surface area contributed by atoms with Gasteiger partial charge in [0.1, 0.15) is 0 Å². The smallest absolute Gasteiger partial charge is 0.221 e. The molecule has 1 spiro atoms. The van der Waals surface area contributed by atoms with Crippen LogP contribution in [0.2, 0.25) is 0 Å². The quantitative estimate of drug-likeness (QED) is 0.606. The number of methoxy groups -OCH3 is 1. The molecule has 0 unspecified atom stereocenters. The number of hydrogen-bond donors (Lipinski definition) is 0.